The van der Waals surface area contributed by atoms with Crippen LogP contribution in [-0.2, 0) is 19.6 Å². The van der Waals surface area contributed by atoms with Crippen molar-refractivity contribution in [3.63, 3.8) is 0 Å². The maximum Gasteiger partial charge on any atom is 0.337 e. The van der Waals surface area contributed by atoms with Crippen molar-refractivity contribution in [3.05, 3.63) is 53.6 Å². The van der Waals surface area contributed by atoms with Crippen molar-refractivity contribution < 1.29 is 22.7 Å². The van der Waals surface area contributed by atoms with Crippen LogP contribution >= 0.6 is 0 Å². The summed E-state index contributed by atoms with van der Waals surface area (Å²) in [6.07, 6.45) is 1.44. The minimum Gasteiger partial charge on any atom is -0.465 e. The summed E-state index contributed by atoms with van der Waals surface area (Å²) in [5.74, 6) is -1.44. The Balaban J connectivity index is 1.88. The lowest BCUT2D eigenvalue weighted by molar-refractivity contribution is -0.115. The lowest BCUT2D eigenvalue weighted by atomic mass is 9.99. The number of ether oxygens (including phenoxy) is 1. The molecule has 0 radical (unpaired) electrons. The highest BCUT2D eigenvalue weighted by atomic mass is 32.2. The number of methoxy groups -OCH3 is 1. The summed E-state index contributed by atoms with van der Waals surface area (Å²) in [5.41, 5.74) is 2.01. The number of carbonyl (C=O) groups excluding carboxylic acids is 2. The fourth-order valence-corrected chi connectivity index (χ4v) is 3.08. The Kier molecular flexibility index (Phi) is 4.58. The van der Waals surface area contributed by atoms with Crippen molar-refractivity contribution in [1.29, 1.82) is 0 Å². The number of hydrogen-bond donors (Lipinski definition) is 2. The Hall–Kier alpha value is -3.04. The number of esters is 1. The molecule has 0 aromatic heterocycles. The molecule has 26 heavy (non-hydrogen) atoms. The Bertz CT molecular complexity index is 1010. The van der Waals surface area contributed by atoms with E-state index in [0.29, 0.717) is 22.5 Å². The van der Waals surface area contributed by atoms with Crippen molar-refractivity contribution in [2.45, 2.75) is 10.8 Å². The van der Waals surface area contributed by atoms with Gasteiger partial charge in [0, 0.05) is 11.9 Å². The summed E-state index contributed by atoms with van der Waals surface area (Å²) >= 11 is 0. The van der Waals surface area contributed by atoms with E-state index in [1.807, 2.05) is 0 Å². The fraction of sp³-hybridized carbons (Fsp3) is 0.118. The highest BCUT2D eigenvalue weighted by Gasteiger charge is 2.30. The summed E-state index contributed by atoms with van der Waals surface area (Å²) in [5, 5.41) is 7.76. The second-order valence-electron chi connectivity index (χ2n) is 5.58. The molecule has 3 N–H and O–H groups in total. The van der Waals surface area contributed by atoms with Crippen molar-refractivity contribution in [2.75, 3.05) is 12.4 Å². The summed E-state index contributed by atoms with van der Waals surface area (Å²) < 4.78 is 27.2. The number of benzene rings is 2. The number of nitrogens with one attached hydrogen (secondary N) is 1. The average molecular weight is 373 g/mol. The van der Waals surface area contributed by atoms with E-state index in [9.17, 15) is 18.0 Å². The third-order valence-electron chi connectivity index (χ3n) is 3.89. The zero-order valence-electron chi connectivity index (χ0n) is 13.7. The third kappa shape index (κ3) is 3.48. The van der Waals surface area contributed by atoms with Gasteiger partial charge in [-0.25, -0.2) is 18.4 Å². The molecule has 8 nitrogen and oxygen atoms in total. The van der Waals surface area contributed by atoms with Crippen LogP contribution in [0.3, 0.4) is 0 Å². The minimum atomic E-state index is -3.77. The minimum absolute atomic E-state index is 0.0249. The summed E-state index contributed by atoms with van der Waals surface area (Å²) in [7, 11) is -2.49. The van der Waals surface area contributed by atoms with Gasteiger partial charge < -0.3 is 10.1 Å². The van der Waals surface area contributed by atoms with Crippen LogP contribution in [0.4, 0.5) is 11.4 Å². The smallest absolute Gasteiger partial charge is 0.337 e. The van der Waals surface area contributed by atoms with E-state index < -0.39 is 21.9 Å². The number of sulfonamides is 1. The monoisotopic (exact) mass is 373 g/mol. The van der Waals surface area contributed by atoms with Crippen molar-refractivity contribution in [3.8, 4) is 0 Å². The first-order valence-corrected chi connectivity index (χ1v) is 9.04. The molecule has 1 atom stereocenters. The summed E-state index contributed by atoms with van der Waals surface area (Å²) in [4.78, 5) is 28.0. The molecule has 1 unspecified atom stereocenters. The molecule has 1 aliphatic rings. The van der Waals surface area contributed by atoms with E-state index in [-0.39, 0.29) is 10.8 Å². The highest BCUT2D eigenvalue weighted by molar-refractivity contribution is 7.89. The predicted octanol–water partition coefficient (Wildman–Crippen LogP) is 1.56. The van der Waals surface area contributed by atoms with E-state index >= 15 is 0 Å². The van der Waals surface area contributed by atoms with Gasteiger partial charge in [0.2, 0.25) is 15.9 Å². The van der Waals surface area contributed by atoms with Crippen molar-refractivity contribution in [2.24, 2.45) is 10.1 Å². The van der Waals surface area contributed by atoms with Crippen LogP contribution in [-0.4, -0.2) is 33.6 Å². The first-order valence-electron chi connectivity index (χ1n) is 7.50. The molecule has 134 valence electrons. The summed E-state index contributed by atoms with van der Waals surface area (Å²) in [6.45, 7) is 0. The SMILES string of the molecule is COC(=O)c1ccc2c(c1)C(C=Nc1ccc(S(N)(=O)=O)cc1)C(=O)N2. The number of nitrogens with two attached hydrogens (primary N) is 1. The average Bonchev–Trinajstić information content (AvgIpc) is 2.93. The number of nitrogens with zero attached hydrogens (tertiary/aromatic N) is 1. The molecule has 0 spiro atoms. The number of fused-ring (bicyclic) bond motifs is 1. The molecule has 2 aromatic carbocycles. The number of hydrogen-bond acceptors (Lipinski definition) is 6. The van der Waals surface area contributed by atoms with Gasteiger partial charge in [-0.1, -0.05) is 0 Å². The van der Waals surface area contributed by atoms with Crippen LogP contribution in [0, 0.1) is 0 Å². The Labute approximate surface area is 149 Å². The predicted molar refractivity (Wildman–Crippen MR) is 95.1 cm³/mol. The van der Waals surface area contributed by atoms with Gasteiger partial charge in [0.25, 0.3) is 0 Å². The van der Waals surface area contributed by atoms with Crippen LogP contribution in [0.1, 0.15) is 21.8 Å². The Morgan fingerprint density at radius 3 is 2.54 bits per heavy atom. The molecule has 1 amide bonds. The van der Waals surface area contributed by atoms with Crippen LogP contribution < -0.4 is 10.5 Å². The standard InChI is InChI=1S/C17H15N3O5S/c1-25-17(22)10-2-7-15-13(8-10)14(16(21)20-15)9-19-11-3-5-12(6-4-11)26(18,23)24/h2-9,14H,1H3,(H,20,21)(H2,18,23,24). The Morgan fingerprint density at radius 2 is 1.92 bits per heavy atom. The van der Waals surface area contributed by atoms with E-state index in [1.165, 1.54) is 37.6 Å². The maximum absolute atomic E-state index is 12.2. The van der Waals surface area contributed by atoms with E-state index in [1.54, 1.807) is 18.2 Å². The number of aliphatic imine (C=N–C) groups is 1. The molecular formula is C17H15N3O5S. The number of carbonyl (C=O) groups is 2. The molecular weight excluding hydrogens is 358 g/mol. The zero-order chi connectivity index (χ0) is 18.9. The third-order valence-corrected chi connectivity index (χ3v) is 4.82. The molecule has 0 saturated carbocycles. The quantitative estimate of drug-likeness (QED) is 0.621. The first-order chi connectivity index (χ1) is 12.3. The fourth-order valence-electron chi connectivity index (χ4n) is 2.56. The lowest BCUT2D eigenvalue weighted by Gasteiger charge is -2.05. The molecule has 2 aromatic rings. The second-order valence-corrected chi connectivity index (χ2v) is 7.14. The Morgan fingerprint density at radius 1 is 1.23 bits per heavy atom. The molecule has 1 heterocycles. The number of amides is 1. The van der Waals surface area contributed by atoms with Crippen LogP contribution in [0.15, 0.2) is 52.4 Å². The van der Waals surface area contributed by atoms with Gasteiger partial charge in [-0.05, 0) is 48.0 Å². The normalized spacial score (nSPS) is 16.4. The van der Waals surface area contributed by atoms with Gasteiger partial charge in [-0.15, -0.1) is 0 Å². The second kappa shape index (κ2) is 6.70. The molecule has 9 heteroatoms. The molecule has 0 bridgehead atoms. The molecule has 3 rings (SSSR count). The molecule has 0 aliphatic carbocycles. The van der Waals surface area contributed by atoms with Crippen molar-refractivity contribution in [1.82, 2.24) is 0 Å². The van der Waals surface area contributed by atoms with Crippen LogP contribution in [0.5, 0.6) is 0 Å². The zero-order valence-corrected chi connectivity index (χ0v) is 14.5. The van der Waals surface area contributed by atoms with E-state index in [4.69, 9.17) is 5.14 Å². The summed E-state index contributed by atoms with van der Waals surface area (Å²) in [6, 6.07) is 10.4. The van der Waals surface area contributed by atoms with E-state index in [2.05, 4.69) is 15.0 Å². The number of anilines is 1. The van der Waals surface area contributed by atoms with Crippen LogP contribution in [0.25, 0.3) is 0 Å². The van der Waals surface area contributed by atoms with Crippen molar-refractivity contribution >= 4 is 39.5 Å². The molecule has 1 aliphatic heterocycles. The van der Waals surface area contributed by atoms with Gasteiger partial charge >= 0.3 is 5.97 Å². The molecule has 0 fully saturated rings. The van der Waals surface area contributed by atoms with Crippen LogP contribution in [0.2, 0.25) is 0 Å². The van der Waals surface area contributed by atoms with Gasteiger partial charge in [-0.3, -0.25) is 9.79 Å². The first kappa shape index (κ1) is 17.8. The largest absolute Gasteiger partial charge is 0.465 e. The van der Waals surface area contributed by atoms with E-state index in [0.717, 1.165) is 0 Å². The van der Waals surface area contributed by atoms with Gasteiger partial charge in [-0.2, -0.15) is 0 Å². The van der Waals surface area contributed by atoms with Gasteiger partial charge in [0.05, 0.1) is 23.3 Å². The topological polar surface area (TPSA) is 128 Å². The number of rotatable bonds is 4. The lowest BCUT2D eigenvalue weighted by Crippen LogP contribution is -2.13. The molecule has 0 saturated heterocycles. The maximum atomic E-state index is 12.2. The van der Waals surface area contributed by atoms with Gasteiger partial charge in [0.15, 0.2) is 0 Å². The van der Waals surface area contributed by atoms with Gasteiger partial charge in [0.1, 0.15) is 5.92 Å². The highest BCUT2D eigenvalue weighted by Crippen LogP contribution is 2.33. The number of primary sulfonamides is 1.